The molecule has 0 saturated carbocycles. The Hall–Kier alpha value is -9.08. The fourth-order valence-electron chi connectivity index (χ4n) is 11.2. The molecule has 0 unspecified atom stereocenters. The predicted molar refractivity (Wildman–Crippen MR) is 523 cm³/mol. The van der Waals surface area contributed by atoms with E-state index in [0.29, 0.717) is 36.0 Å². The van der Waals surface area contributed by atoms with Gasteiger partial charge in [-0.15, -0.1) is 35.3 Å². The van der Waals surface area contributed by atoms with Gasteiger partial charge >= 0.3 is 88.2 Å². The van der Waals surface area contributed by atoms with Gasteiger partial charge in [0, 0.05) is 72.9 Å². The first-order chi connectivity index (χ1) is 67.0. The van der Waals surface area contributed by atoms with Gasteiger partial charge in [0.2, 0.25) is 29.1 Å². The molecule has 0 atom stereocenters. The Kier molecular flexibility index (Phi) is 52.9. The number of nitrogens with zero attached hydrogens (tertiary/aromatic N) is 3. The van der Waals surface area contributed by atoms with Gasteiger partial charge in [0.05, 0.1) is 84.1 Å². The standard InChI is InChI=1S/C25H21ClF3NO2S.C24H17ClF3NO2S.C17H17NOS.C8H5ClF3IO.C8H6ClF3.C6HF5O.C5H6Cl2N2O2.CHF3O3S.CH3O.Ag.Na/c1-16(31)8-9-18-12-19(33-15-17-6-4-3-5-7-17)10-11-22(18)30-23-14-21(26)20(25(27,28)29)13-24(23)32-2;1-31-22-12-18(24(26,27)28)19(25)13-21(22)29-20-9-8-17(11-16(20)7-10-23(29)30)32-14-15-5-3-2-4-6-15;1-13(19)7-8-15-11-16(9-10-17(15)18)20-12-14-5-3-2-4-6-14;1-14-7-2-4(8(10,11)12)5(9)3-6(7)13;1-5-2-3-7(9)6(4-5)8(10,11)12;7-1-2(8)4(10)6(12)5(11)3(1)9;1-5(2)3(10)8(6)4(11)9(5)7;2-1(3,4)8(5,6)7;1-2;;/h3-14,30H,15H2,1-2H3;2-13H,14H2,1H3;2-11H,12,18H2,1H3;2-3H,1H3;2-4H,1H3;12H;1-2H3;(H,5,6,7);1H3;;/q;;;;;;;;-1;2*+1/p-1/b9-8+;;8-7+;;;;;;;;. The van der Waals surface area contributed by atoms with Crippen LogP contribution in [0.5, 0.6) is 23.0 Å². The van der Waals surface area contributed by atoms with Crippen LogP contribution in [-0.4, -0.2) is 94.5 Å². The van der Waals surface area contributed by atoms with Crippen molar-refractivity contribution in [3.8, 4) is 28.7 Å². The third-order valence-electron chi connectivity index (χ3n) is 18.3. The number of amides is 3. The van der Waals surface area contributed by atoms with E-state index in [4.69, 9.17) is 113 Å². The normalized spacial score (nSPS) is 12.2. The smallest absolute Gasteiger partial charge is 0.857 e. The Bertz CT molecular complexity index is 6640. The number of anilines is 3. The van der Waals surface area contributed by atoms with Crippen LogP contribution in [0.3, 0.4) is 0 Å². The van der Waals surface area contributed by atoms with Crippen LogP contribution in [0.25, 0.3) is 28.7 Å². The number of thioether (sulfide) groups is 3. The number of alkyl halides is 15. The van der Waals surface area contributed by atoms with Crippen LogP contribution in [-0.2, 0) is 88.8 Å². The number of phenols is 1. The molecule has 0 spiro atoms. The summed E-state index contributed by atoms with van der Waals surface area (Å²) in [6.45, 7) is 7.59. The number of nitrogens with one attached hydrogen (secondary N) is 1. The Morgan fingerprint density at radius 3 is 1.27 bits per heavy atom. The number of nitrogen functional groups attached to an aromatic ring is 1. The molecule has 18 nitrogen and oxygen atoms in total. The van der Waals surface area contributed by atoms with Crippen LogP contribution in [0.2, 0.25) is 20.1 Å². The summed E-state index contributed by atoms with van der Waals surface area (Å²) in [7, 11) is -1.49. The SMILES string of the molecule is CC(=O)/C=C/c1cc(SCc2ccccc2)ccc1N.CC1(C)C(=O)N(Cl)C(=O)N1Cl.COc1cc(C(F)(F)F)c(Cl)cc1-n1c(=O)ccc2cc(SCc3ccccc3)ccc21.COc1cc(C(F)(F)F)c(Cl)cc1I.COc1cc(C(F)(F)F)c(Cl)cc1Nc1ccc(SCc2ccccc2)cc1/C=C/C(C)=O.C[O-].Cc1ccc(Cl)c(C(F)(F)F)c1.O=S(=O)([O-])C(F)(F)F.Oc1c(F)c(F)c(F)c(F)c1F.[Ag+].[Na+]. The molecule has 4 N–H and O–H groups in total. The number of rotatable bonds is 19. The molecule has 3 amide bonds. The number of benzene rings is 11. The molecule has 1 saturated heterocycles. The molecule has 51 heteroatoms. The minimum Gasteiger partial charge on any atom is -0.857 e. The number of hydrogen-bond donors (Lipinski definition) is 3. The molecule has 13 rings (SSSR count). The van der Waals surface area contributed by atoms with E-state index < -0.39 is 131 Å². The van der Waals surface area contributed by atoms with Gasteiger partial charge in [0.1, 0.15) is 22.8 Å². The van der Waals surface area contributed by atoms with Gasteiger partial charge in [-0.25, -0.2) is 30.8 Å². The molecular weight excluding hydrogens is 2400 g/mol. The van der Waals surface area contributed by atoms with Crippen molar-refractivity contribution in [3.63, 3.8) is 0 Å². The van der Waals surface area contributed by atoms with Crippen LogP contribution >= 0.6 is 128 Å². The molecule has 0 bridgehead atoms. The first kappa shape index (κ1) is 131. The number of urea groups is 1. The van der Waals surface area contributed by atoms with E-state index in [9.17, 15) is 112 Å². The van der Waals surface area contributed by atoms with E-state index in [1.54, 1.807) is 72.6 Å². The van der Waals surface area contributed by atoms with Crippen LogP contribution < -0.4 is 65.5 Å². The fraction of sp³-hybridized carbons (Fsp3) is 0.189. The second kappa shape index (κ2) is 58.9. The van der Waals surface area contributed by atoms with Gasteiger partial charge in [0.25, 0.3) is 11.5 Å². The summed E-state index contributed by atoms with van der Waals surface area (Å²) in [5, 5.41) is 18.9. The number of hydrogen-bond acceptors (Lipinski definition) is 18. The van der Waals surface area contributed by atoms with Crippen molar-refractivity contribution in [1.82, 2.24) is 13.4 Å². The minimum absolute atomic E-state index is 0. The number of ketones is 2. The van der Waals surface area contributed by atoms with Crippen molar-refractivity contribution < 1.29 is 196 Å². The van der Waals surface area contributed by atoms with Crippen molar-refractivity contribution in [2.24, 2.45) is 0 Å². The third-order valence-corrected chi connectivity index (χ3v) is 25.1. The average molecular weight is 2470 g/mol. The molecule has 1 aliphatic heterocycles. The number of carbonyl (C=O) groups is 4. The number of pyridine rings is 1. The van der Waals surface area contributed by atoms with Crippen molar-refractivity contribution in [2.45, 2.75) is 102 Å². The van der Waals surface area contributed by atoms with Crippen LogP contribution in [0.15, 0.2) is 244 Å². The molecule has 2 heterocycles. The predicted octanol–water partition coefficient (Wildman–Crippen LogP) is 26.2. The molecular formula is C95H76AgCl6F20IN5NaO13S4. The summed E-state index contributed by atoms with van der Waals surface area (Å²) < 4.78 is 291. The van der Waals surface area contributed by atoms with Crippen molar-refractivity contribution in [3.05, 3.63) is 343 Å². The Morgan fingerprint density at radius 1 is 0.500 bits per heavy atom. The Balaban J connectivity index is 0.000000447. The second-order valence-corrected chi connectivity index (χ2v) is 37.1. The molecule has 146 heavy (non-hydrogen) atoms. The van der Waals surface area contributed by atoms with E-state index in [2.05, 4.69) is 17.4 Å². The number of imide groups is 1. The van der Waals surface area contributed by atoms with Gasteiger partial charge < -0.3 is 40.0 Å². The molecule has 12 aromatic rings. The van der Waals surface area contributed by atoms with E-state index in [1.165, 1.54) is 113 Å². The van der Waals surface area contributed by atoms with Crippen molar-refractivity contribution >= 4 is 202 Å². The van der Waals surface area contributed by atoms with E-state index in [0.717, 1.165) is 84.8 Å². The molecule has 1 fully saturated rings. The van der Waals surface area contributed by atoms with Gasteiger partial charge in [-0.2, -0.15) is 86.2 Å². The van der Waals surface area contributed by atoms with E-state index in [-0.39, 0.29) is 102 Å². The zero-order chi connectivity index (χ0) is 109. The monoisotopic (exact) mass is 2470 g/mol. The molecule has 1 aromatic heterocycles. The van der Waals surface area contributed by atoms with Crippen molar-refractivity contribution in [2.75, 3.05) is 39.5 Å². The summed E-state index contributed by atoms with van der Waals surface area (Å²) in [5.41, 5.74) is 3.18. The number of carbonyl (C=O) groups excluding carboxylic acids is 4. The molecule has 0 aliphatic carbocycles. The Labute approximate surface area is 916 Å². The quantitative estimate of drug-likeness (QED) is 0.00552. The van der Waals surface area contributed by atoms with Crippen LogP contribution in [0.1, 0.15) is 83.3 Å². The number of nitrogens with two attached hydrogens (primary N) is 1. The van der Waals surface area contributed by atoms with Gasteiger partial charge in [-0.3, -0.25) is 23.7 Å². The maximum absolute atomic E-state index is 13.3. The topological polar surface area (TPSA) is 263 Å². The first-order valence-electron chi connectivity index (χ1n) is 39.8. The number of aromatic nitrogens is 1. The number of methoxy groups -OCH3 is 3. The van der Waals surface area contributed by atoms with Crippen molar-refractivity contribution in [1.29, 1.82) is 0 Å². The van der Waals surface area contributed by atoms with Crippen LogP contribution in [0, 0.1) is 39.6 Å². The molecule has 1 aliphatic rings. The van der Waals surface area contributed by atoms with Gasteiger partial charge in [0.15, 0.2) is 27.4 Å². The average Bonchev–Trinajstić information content (AvgIpc) is 0.942. The summed E-state index contributed by atoms with van der Waals surface area (Å²) in [5.74, 6) is -11.0. The number of fused-ring (bicyclic) bond motifs is 1. The van der Waals surface area contributed by atoms with Gasteiger partial charge in [-0.05, 0) is 224 Å². The summed E-state index contributed by atoms with van der Waals surface area (Å²) in [4.78, 5) is 60.3. The molecule has 11 aromatic carbocycles. The number of allylic oxidation sites excluding steroid dienone is 2. The Morgan fingerprint density at radius 2 is 0.877 bits per heavy atom. The maximum Gasteiger partial charge on any atom is 1.00 e. The largest absolute Gasteiger partial charge is 1.00 e. The number of halogens is 27. The number of ether oxygens (including phenoxy) is 3. The number of aryl methyl sites for hydroxylation is 1. The van der Waals surface area contributed by atoms with Crippen LogP contribution in [0.4, 0.5) is 110 Å². The summed E-state index contributed by atoms with van der Waals surface area (Å²) >= 11 is 40.3. The minimum atomic E-state index is -6.09. The summed E-state index contributed by atoms with van der Waals surface area (Å²) in [6.07, 6.45) is -11.6. The summed E-state index contributed by atoms with van der Waals surface area (Å²) in [6, 6.07) is 59.7. The zero-order valence-electron chi connectivity index (χ0n) is 76.5. The molecule has 784 valence electrons. The number of aromatic hydroxyl groups is 1. The first-order valence-corrected chi connectivity index (χ1v) is 47.4. The van der Waals surface area contributed by atoms with E-state index >= 15 is 0 Å². The van der Waals surface area contributed by atoms with Gasteiger partial charge in [-0.1, -0.05) is 149 Å². The maximum atomic E-state index is 13.3. The number of phenolic OH excluding ortho intramolecular Hbond substituents is 1. The zero-order valence-corrected chi connectivity index (χ0v) is 90.0. The third kappa shape index (κ3) is 39.4. The fourth-order valence-corrected chi connectivity index (χ4v) is 16.3. The molecule has 0 radical (unpaired) electrons. The second-order valence-electron chi connectivity index (χ2n) is 29.1. The van der Waals surface area contributed by atoms with E-state index in [1.807, 2.05) is 144 Å².